The molecule has 0 unspecified atom stereocenters. The van der Waals surface area contributed by atoms with Gasteiger partial charge in [-0.25, -0.2) is 4.98 Å². The number of nitrogens with zero attached hydrogens (tertiary/aromatic N) is 3. The van der Waals surface area contributed by atoms with Crippen molar-refractivity contribution in [2.75, 3.05) is 11.9 Å². The highest BCUT2D eigenvalue weighted by Gasteiger charge is 2.03. The molecule has 0 bridgehead atoms. The van der Waals surface area contributed by atoms with Crippen LogP contribution in [0.1, 0.15) is 24.0 Å². The van der Waals surface area contributed by atoms with Crippen LogP contribution in [-0.2, 0) is 5.75 Å². The van der Waals surface area contributed by atoms with Crippen LogP contribution < -0.4 is 5.32 Å². The molecule has 0 radical (unpaired) electrons. The summed E-state index contributed by atoms with van der Waals surface area (Å²) < 4.78 is 1.00. The minimum atomic E-state index is 0.830. The lowest BCUT2D eigenvalue weighted by Crippen LogP contribution is -2.02. The van der Waals surface area contributed by atoms with Gasteiger partial charge in [-0.3, -0.25) is 0 Å². The average Bonchev–Trinajstić information content (AvgIpc) is 2.80. The molecule has 18 heavy (non-hydrogen) atoms. The van der Waals surface area contributed by atoms with Crippen molar-refractivity contribution in [1.82, 2.24) is 15.2 Å². The van der Waals surface area contributed by atoms with E-state index in [0.29, 0.717) is 0 Å². The van der Waals surface area contributed by atoms with Gasteiger partial charge < -0.3 is 5.32 Å². The lowest BCUT2D eigenvalue weighted by atomic mass is 10.3. The molecule has 2 aromatic heterocycles. The number of aromatic nitrogens is 3. The molecule has 0 aromatic carbocycles. The summed E-state index contributed by atoms with van der Waals surface area (Å²) in [5, 5.41) is 12.4. The lowest BCUT2D eigenvalue weighted by Gasteiger charge is -2.05. The molecule has 0 aliphatic rings. The Morgan fingerprint density at radius 2 is 2.22 bits per heavy atom. The largest absolute Gasteiger partial charge is 0.370 e. The van der Waals surface area contributed by atoms with Crippen LogP contribution in [0.5, 0.6) is 0 Å². The second kappa shape index (κ2) is 6.70. The fourth-order valence-corrected chi connectivity index (χ4v) is 3.10. The number of pyridine rings is 1. The summed E-state index contributed by atoms with van der Waals surface area (Å²) >= 11 is 3.30. The second-order valence-electron chi connectivity index (χ2n) is 3.82. The molecule has 6 heteroatoms. The maximum absolute atomic E-state index is 4.56. The molecule has 96 valence electrons. The van der Waals surface area contributed by atoms with Crippen LogP contribution >= 0.6 is 23.1 Å². The molecule has 0 fully saturated rings. The van der Waals surface area contributed by atoms with Gasteiger partial charge >= 0.3 is 0 Å². The van der Waals surface area contributed by atoms with Crippen LogP contribution in [0.4, 0.5) is 5.82 Å². The van der Waals surface area contributed by atoms with E-state index in [1.807, 2.05) is 25.1 Å². The number of aryl methyl sites for hydroxylation is 1. The van der Waals surface area contributed by atoms with Crippen molar-refractivity contribution in [2.45, 2.75) is 30.4 Å². The molecule has 2 rings (SSSR count). The first-order chi connectivity index (χ1) is 8.78. The number of hydrogen-bond acceptors (Lipinski definition) is 6. The van der Waals surface area contributed by atoms with Crippen LogP contribution in [-0.4, -0.2) is 21.7 Å². The summed E-state index contributed by atoms with van der Waals surface area (Å²) in [7, 11) is 0. The van der Waals surface area contributed by atoms with Crippen LogP contribution in [0, 0.1) is 6.92 Å². The van der Waals surface area contributed by atoms with E-state index >= 15 is 0 Å². The zero-order valence-corrected chi connectivity index (χ0v) is 12.1. The highest BCUT2D eigenvalue weighted by Crippen LogP contribution is 2.25. The summed E-state index contributed by atoms with van der Waals surface area (Å²) in [6.45, 7) is 5.07. The average molecular weight is 280 g/mol. The minimum Gasteiger partial charge on any atom is -0.370 e. The van der Waals surface area contributed by atoms with Crippen LogP contribution in [0.15, 0.2) is 22.5 Å². The Kier molecular flexibility index (Phi) is 4.95. The van der Waals surface area contributed by atoms with Crippen molar-refractivity contribution >= 4 is 28.9 Å². The third kappa shape index (κ3) is 3.96. The summed E-state index contributed by atoms with van der Waals surface area (Å²) in [6, 6.07) is 6.07. The smallest absolute Gasteiger partial charge is 0.174 e. The summed E-state index contributed by atoms with van der Waals surface area (Å²) in [5.74, 6) is 1.78. The summed E-state index contributed by atoms with van der Waals surface area (Å²) in [6.07, 6.45) is 1.10. The van der Waals surface area contributed by atoms with E-state index in [4.69, 9.17) is 0 Å². The predicted octanol–water partition coefficient (Wildman–Crippen LogP) is 3.36. The van der Waals surface area contributed by atoms with E-state index in [1.54, 1.807) is 23.1 Å². The van der Waals surface area contributed by atoms with E-state index < -0.39 is 0 Å². The maximum Gasteiger partial charge on any atom is 0.174 e. The Morgan fingerprint density at radius 3 is 2.94 bits per heavy atom. The van der Waals surface area contributed by atoms with Gasteiger partial charge in [0, 0.05) is 12.3 Å². The molecule has 0 atom stereocenters. The normalized spacial score (nSPS) is 10.6. The summed E-state index contributed by atoms with van der Waals surface area (Å²) in [4.78, 5) is 4.56. The van der Waals surface area contributed by atoms with Crippen LogP contribution in [0.2, 0.25) is 0 Å². The quantitative estimate of drug-likeness (QED) is 0.822. The molecular weight excluding hydrogens is 264 g/mol. The third-order valence-corrected chi connectivity index (χ3v) is 4.22. The maximum atomic E-state index is 4.56. The van der Waals surface area contributed by atoms with Gasteiger partial charge in [-0.05, 0) is 25.5 Å². The third-order valence-electron chi connectivity index (χ3n) is 2.21. The van der Waals surface area contributed by atoms with Gasteiger partial charge in [0.2, 0.25) is 0 Å². The molecule has 2 aromatic rings. The standard InChI is InChI=1S/C12H16N4S2/c1-3-7-13-11-6-4-5-10(14-11)8-17-12-16-15-9(2)18-12/h4-6H,3,7-8H2,1-2H3,(H,13,14). The van der Waals surface area contributed by atoms with Crippen molar-refractivity contribution in [3.05, 3.63) is 28.9 Å². The van der Waals surface area contributed by atoms with Crippen molar-refractivity contribution in [2.24, 2.45) is 0 Å². The van der Waals surface area contributed by atoms with E-state index in [-0.39, 0.29) is 0 Å². The molecular formula is C12H16N4S2. The molecule has 0 spiro atoms. The van der Waals surface area contributed by atoms with Crippen molar-refractivity contribution in [3.63, 3.8) is 0 Å². The number of nitrogens with one attached hydrogen (secondary N) is 1. The van der Waals surface area contributed by atoms with Crippen LogP contribution in [0.3, 0.4) is 0 Å². The SMILES string of the molecule is CCCNc1cccc(CSc2nnc(C)s2)n1. The highest BCUT2D eigenvalue weighted by molar-refractivity contribution is 8.00. The molecule has 0 saturated carbocycles. The first kappa shape index (κ1) is 13.3. The van der Waals surface area contributed by atoms with Gasteiger partial charge in [-0.15, -0.1) is 10.2 Å². The molecule has 4 nitrogen and oxygen atoms in total. The Hall–Kier alpha value is -1.14. The van der Waals surface area contributed by atoms with Gasteiger partial charge in [0.15, 0.2) is 4.34 Å². The highest BCUT2D eigenvalue weighted by atomic mass is 32.2. The van der Waals surface area contributed by atoms with Crippen molar-refractivity contribution < 1.29 is 0 Å². The van der Waals surface area contributed by atoms with E-state index in [1.165, 1.54) is 0 Å². The number of anilines is 1. The first-order valence-electron chi connectivity index (χ1n) is 5.90. The topological polar surface area (TPSA) is 50.7 Å². The molecule has 0 aliphatic carbocycles. The van der Waals surface area contributed by atoms with Gasteiger partial charge in [0.1, 0.15) is 10.8 Å². The minimum absolute atomic E-state index is 0.830. The van der Waals surface area contributed by atoms with Crippen LogP contribution in [0.25, 0.3) is 0 Å². The van der Waals surface area contributed by atoms with Gasteiger partial charge in [0.25, 0.3) is 0 Å². The Balaban J connectivity index is 1.92. The van der Waals surface area contributed by atoms with Gasteiger partial charge in [-0.1, -0.05) is 36.1 Å². The van der Waals surface area contributed by atoms with E-state index in [2.05, 4.69) is 27.4 Å². The lowest BCUT2D eigenvalue weighted by molar-refractivity contribution is 0.964. The number of rotatable bonds is 6. The summed E-state index contributed by atoms with van der Waals surface area (Å²) in [5.41, 5.74) is 1.06. The molecule has 0 saturated heterocycles. The van der Waals surface area contributed by atoms with Gasteiger partial charge in [-0.2, -0.15) is 0 Å². The van der Waals surface area contributed by atoms with E-state index in [9.17, 15) is 0 Å². The molecule has 1 N–H and O–H groups in total. The van der Waals surface area contributed by atoms with Gasteiger partial charge in [0.05, 0.1) is 5.69 Å². The zero-order chi connectivity index (χ0) is 12.8. The zero-order valence-electron chi connectivity index (χ0n) is 10.5. The number of thioether (sulfide) groups is 1. The molecule has 2 heterocycles. The van der Waals surface area contributed by atoms with Crippen molar-refractivity contribution in [3.8, 4) is 0 Å². The van der Waals surface area contributed by atoms with E-state index in [0.717, 1.165) is 39.6 Å². The fraction of sp³-hybridized carbons (Fsp3) is 0.417. The molecule has 0 aliphatic heterocycles. The fourth-order valence-electron chi connectivity index (χ4n) is 1.38. The first-order valence-corrected chi connectivity index (χ1v) is 7.71. The second-order valence-corrected chi connectivity index (χ2v) is 6.22. The molecule has 0 amide bonds. The van der Waals surface area contributed by atoms with Crippen molar-refractivity contribution in [1.29, 1.82) is 0 Å². The monoisotopic (exact) mass is 280 g/mol. The Morgan fingerprint density at radius 1 is 1.33 bits per heavy atom. The Bertz CT molecular complexity index is 498. The number of hydrogen-bond donors (Lipinski definition) is 1. The Labute approximate surface area is 115 Å². The predicted molar refractivity (Wildman–Crippen MR) is 77.2 cm³/mol.